The predicted octanol–water partition coefficient (Wildman–Crippen LogP) is 2.08. The highest BCUT2D eigenvalue weighted by Crippen LogP contribution is 2.33. The lowest BCUT2D eigenvalue weighted by molar-refractivity contribution is 0.146. The number of hydrogen-bond donors (Lipinski definition) is 1. The first kappa shape index (κ1) is 12.8. The van der Waals surface area contributed by atoms with Gasteiger partial charge in [-0.05, 0) is 6.07 Å². The summed E-state index contributed by atoms with van der Waals surface area (Å²) in [5.74, 6) is 0. The van der Waals surface area contributed by atoms with Crippen LogP contribution in [0, 0.1) is 0 Å². The molecule has 0 bridgehead atoms. The van der Waals surface area contributed by atoms with Crippen LogP contribution in [0.25, 0.3) is 0 Å². The van der Waals surface area contributed by atoms with Crippen LogP contribution < -0.4 is 5.14 Å². The zero-order chi connectivity index (χ0) is 11.8. The largest absolute Gasteiger partial charge is 0.267 e. The van der Waals surface area contributed by atoms with Crippen molar-refractivity contribution in [2.24, 2.45) is 5.14 Å². The fraction of sp³-hybridized carbons (Fsp3) is 0.167. The summed E-state index contributed by atoms with van der Waals surface area (Å²) in [4.78, 5) is 3.27. The van der Waals surface area contributed by atoms with Crippen LogP contribution in [0.3, 0.4) is 0 Å². The van der Waals surface area contributed by atoms with Crippen molar-refractivity contribution in [3.8, 4) is 0 Å². The number of aromatic nitrogens is 1. The lowest BCUT2D eigenvalue weighted by Gasteiger charge is -2.08. The van der Waals surface area contributed by atoms with Crippen LogP contribution in [0.2, 0.25) is 5.15 Å². The zero-order valence-electron chi connectivity index (χ0n) is 6.92. The number of hydrogen-bond acceptors (Lipinski definition) is 3. The summed E-state index contributed by atoms with van der Waals surface area (Å²) in [6.07, 6.45) is -3.02. The van der Waals surface area contributed by atoms with E-state index in [9.17, 15) is 17.2 Å². The third-order valence-electron chi connectivity index (χ3n) is 1.43. The molecule has 0 saturated heterocycles. The maximum absolute atomic E-state index is 12.5. The first-order valence-electron chi connectivity index (χ1n) is 3.40. The van der Waals surface area contributed by atoms with Crippen molar-refractivity contribution < 1.29 is 17.2 Å². The van der Waals surface area contributed by atoms with E-state index in [1.807, 2.05) is 0 Å². The summed E-state index contributed by atoms with van der Waals surface area (Å²) >= 11 is 8.19. The Morgan fingerprint density at radius 2 is 2.07 bits per heavy atom. The summed E-state index contributed by atoms with van der Waals surface area (Å²) in [6.45, 7) is 0. The van der Waals surface area contributed by atoms with E-state index in [4.69, 9.17) is 16.7 Å². The van der Waals surface area contributed by atoms with E-state index >= 15 is 0 Å². The van der Waals surface area contributed by atoms with E-state index < -0.39 is 27.0 Å². The molecule has 0 unspecified atom stereocenters. The molecule has 0 aromatic carbocycles. The van der Waals surface area contributed by atoms with Gasteiger partial charge in [0.25, 0.3) is 16.4 Å². The summed E-state index contributed by atoms with van der Waals surface area (Å²) < 4.78 is 46.8. The van der Waals surface area contributed by atoms with E-state index in [1.165, 1.54) is 0 Å². The minimum atomic E-state index is -4.33. The first-order valence-corrected chi connectivity index (χ1v) is 6.12. The molecule has 0 aliphatic carbocycles. The van der Waals surface area contributed by atoms with Crippen molar-refractivity contribution in [2.45, 2.75) is 11.5 Å². The molecule has 0 spiro atoms. The van der Waals surface area contributed by atoms with Crippen molar-refractivity contribution in [3.63, 3.8) is 0 Å². The molecule has 0 saturated carbocycles. The summed E-state index contributed by atoms with van der Waals surface area (Å²) in [5, 5.41) is 3.57. The van der Waals surface area contributed by atoms with Crippen LogP contribution in [-0.4, -0.2) is 13.4 Å². The molecule has 15 heavy (non-hydrogen) atoms. The minimum absolute atomic E-state index is 0.151. The highest BCUT2D eigenvalue weighted by Gasteiger charge is 2.25. The van der Waals surface area contributed by atoms with E-state index in [0.717, 1.165) is 6.07 Å². The van der Waals surface area contributed by atoms with E-state index in [-0.39, 0.29) is 9.63 Å². The molecule has 1 aromatic rings. The normalized spacial score (nSPS) is 12.1. The van der Waals surface area contributed by atoms with Gasteiger partial charge in [-0.2, -0.15) is 0 Å². The molecule has 0 aliphatic rings. The van der Waals surface area contributed by atoms with Crippen molar-refractivity contribution >= 4 is 37.6 Å². The Labute approximate surface area is 97.6 Å². The highest BCUT2D eigenvalue weighted by atomic mass is 79.9. The molecule has 1 rings (SSSR count). The average molecular weight is 322 g/mol. The predicted molar refractivity (Wildman–Crippen MR) is 53.3 cm³/mol. The molecule has 4 nitrogen and oxygen atoms in total. The lowest BCUT2D eigenvalue weighted by atomic mass is 10.3. The highest BCUT2D eigenvalue weighted by molar-refractivity contribution is 9.10. The second-order valence-electron chi connectivity index (χ2n) is 2.49. The molecule has 0 radical (unpaired) electrons. The molecular formula is C6H4BrClF2N2O2S. The van der Waals surface area contributed by atoms with Crippen LogP contribution in [0.1, 0.15) is 12.0 Å². The van der Waals surface area contributed by atoms with Crippen LogP contribution in [0.4, 0.5) is 8.78 Å². The van der Waals surface area contributed by atoms with Gasteiger partial charge < -0.3 is 0 Å². The number of rotatable bonds is 2. The second kappa shape index (κ2) is 4.28. The molecular weight excluding hydrogens is 317 g/mol. The van der Waals surface area contributed by atoms with Crippen LogP contribution in [0.15, 0.2) is 15.6 Å². The molecule has 1 heterocycles. The Balaban J connectivity index is 3.62. The number of sulfonamides is 1. The van der Waals surface area contributed by atoms with Gasteiger partial charge in [-0.25, -0.2) is 27.3 Å². The van der Waals surface area contributed by atoms with Gasteiger partial charge in [-0.15, -0.1) is 0 Å². The van der Waals surface area contributed by atoms with Crippen LogP contribution in [0.5, 0.6) is 0 Å². The van der Waals surface area contributed by atoms with Crippen molar-refractivity contribution in [1.82, 2.24) is 4.98 Å². The zero-order valence-corrected chi connectivity index (χ0v) is 10.1. The average Bonchev–Trinajstić information content (AvgIpc) is 1.99. The van der Waals surface area contributed by atoms with Gasteiger partial charge in [0.05, 0.1) is 5.56 Å². The van der Waals surface area contributed by atoms with Gasteiger partial charge in [0.2, 0.25) is 0 Å². The smallest absolute Gasteiger partial charge is 0.223 e. The Hall–Kier alpha value is -0.310. The maximum atomic E-state index is 12.5. The SMILES string of the molecule is NS(=O)(=O)c1nc(Cl)cc(Br)c1C(F)F. The van der Waals surface area contributed by atoms with Gasteiger partial charge in [-0.3, -0.25) is 0 Å². The Bertz CT molecular complexity index is 494. The number of halogens is 4. The third-order valence-corrected chi connectivity index (χ3v) is 3.13. The molecule has 0 atom stereocenters. The summed E-state index contributed by atoms with van der Waals surface area (Å²) in [6, 6.07) is 1.07. The molecule has 0 amide bonds. The van der Waals surface area contributed by atoms with Crippen molar-refractivity contribution in [2.75, 3.05) is 0 Å². The maximum Gasteiger partial charge on any atom is 0.267 e. The topological polar surface area (TPSA) is 73.1 Å². The molecule has 0 aliphatic heterocycles. The van der Waals surface area contributed by atoms with Gasteiger partial charge >= 0.3 is 0 Å². The molecule has 9 heteroatoms. The van der Waals surface area contributed by atoms with Crippen LogP contribution in [-0.2, 0) is 10.0 Å². The van der Waals surface area contributed by atoms with Crippen molar-refractivity contribution in [3.05, 3.63) is 21.3 Å². The van der Waals surface area contributed by atoms with Gasteiger partial charge in [-0.1, -0.05) is 27.5 Å². The second-order valence-corrected chi connectivity index (χ2v) is 5.21. The monoisotopic (exact) mass is 320 g/mol. The lowest BCUT2D eigenvalue weighted by Crippen LogP contribution is -2.17. The van der Waals surface area contributed by atoms with Crippen molar-refractivity contribution in [1.29, 1.82) is 0 Å². The fourth-order valence-corrected chi connectivity index (χ4v) is 2.70. The number of pyridine rings is 1. The van der Waals surface area contributed by atoms with Gasteiger partial charge in [0, 0.05) is 4.47 Å². The fourth-order valence-electron chi connectivity index (χ4n) is 0.888. The molecule has 0 fully saturated rings. The molecule has 84 valence electrons. The Kier molecular flexibility index (Phi) is 3.64. The quantitative estimate of drug-likeness (QED) is 0.848. The van der Waals surface area contributed by atoms with Gasteiger partial charge in [0.15, 0.2) is 5.03 Å². The number of primary sulfonamides is 1. The van der Waals surface area contributed by atoms with E-state index in [0.29, 0.717) is 0 Å². The summed E-state index contributed by atoms with van der Waals surface area (Å²) in [5.41, 5.74) is -0.790. The number of alkyl halides is 2. The summed E-state index contributed by atoms with van der Waals surface area (Å²) in [7, 11) is -4.33. The first-order chi connectivity index (χ1) is 6.73. The van der Waals surface area contributed by atoms with E-state index in [1.54, 1.807) is 0 Å². The van der Waals surface area contributed by atoms with Crippen LogP contribution >= 0.6 is 27.5 Å². The minimum Gasteiger partial charge on any atom is -0.223 e. The number of nitrogens with two attached hydrogens (primary N) is 1. The number of nitrogens with zero attached hydrogens (tertiary/aromatic N) is 1. The standard InChI is InChI=1S/C6H4BrClF2N2O2S/c7-2-1-3(8)12-6(15(11,13)14)4(2)5(9)10/h1,5H,(H2,11,13,14). The molecule has 2 N–H and O–H groups in total. The van der Waals surface area contributed by atoms with Gasteiger partial charge in [0.1, 0.15) is 5.15 Å². The Morgan fingerprint density at radius 1 is 1.53 bits per heavy atom. The Morgan fingerprint density at radius 3 is 2.47 bits per heavy atom. The molecule has 1 aromatic heterocycles. The third kappa shape index (κ3) is 2.83. The van der Waals surface area contributed by atoms with E-state index in [2.05, 4.69) is 20.9 Å².